The third-order valence-corrected chi connectivity index (χ3v) is 8.21. The van der Waals surface area contributed by atoms with Gasteiger partial charge in [-0.05, 0) is 80.4 Å². The van der Waals surface area contributed by atoms with Gasteiger partial charge in [0, 0.05) is 30.5 Å². The zero-order chi connectivity index (χ0) is 30.4. The van der Waals surface area contributed by atoms with Crippen molar-refractivity contribution >= 4 is 57.5 Å². The van der Waals surface area contributed by atoms with Gasteiger partial charge >= 0.3 is 12.3 Å². The molecule has 42 heavy (non-hydrogen) atoms. The number of fused-ring (bicyclic) bond motifs is 1. The van der Waals surface area contributed by atoms with Crippen molar-refractivity contribution in [1.29, 1.82) is 0 Å². The number of thioether (sulfide) groups is 1. The molecular weight excluding hydrogens is 591 g/mol. The molecular formula is C29H29ClF3N5O3S. The van der Waals surface area contributed by atoms with E-state index in [1.807, 2.05) is 31.7 Å². The number of alkyl halides is 3. The number of nitrogens with zero attached hydrogens (tertiary/aromatic N) is 5. The van der Waals surface area contributed by atoms with Crippen molar-refractivity contribution in [2.45, 2.75) is 51.6 Å². The second-order valence-corrected chi connectivity index (χ2v) is 12.7. The molecule has 2 amide bonds. The largest absolute Gasteiger partial charge is 0.444 e. The highest BCUT2D eigenvalue weighted by Crippen LogP contribution is 2.35. The highest BCUT2D eigenvalue weighted by molar-refractivity contribution is 8.18. The number of aromatic nitrogens is 2. The Bertz CT molecular complexity index is 1610. The quantitative estimate of drug-likeness (QED) is 0.304. The molecule has 0 aliphatic carbocycles. The molecule has 13 heteroatoms. The molecule has 1 saturated heterocycles. The van der Waals surface area contributed by atoms with Gasteiger partial charge in [-0.25, -0.2) is 4.79 Å². The summed E-state index contributed by atoms with van der Waals surface area (Å²) in [5.74, 6) is -0.350. The summed E-state index contributed by atoms with van der Waals surface area (Å²) in [4.78, 5) is 33.5. The molecule has 1 fully saturated rings. The lowest BCUT2D eigenvalue weighted by Crippen LogP contribution is -2.42. The number of amidine groups is 1. The summed E-state index contributed by atoms with van der Waals surface area (Å²) in [6.07, 6.45) is -0.887. The van der Waals surface area contributed by atoms with Crippen molar-refractivity contribution in [3.8, 4) is 0 Å². The molecule has 1 unspecified atom stereocenters. The van der Waals surface area contributed by atoms with Gasteiger partial charge in [0.2, 0.25) is 0 Å². The van der Waals surface area contributed by atoms with Crippen LogP contribution in [0.25, 0.3) is 17.0 Å². The number of ether oxygens (including phenoxy) is 1. The molecule has 0 spiro atoms. The van der Waals surface area contributed by atoms with Crippen LogP contribution >= 0.6 is 23.4 Å². The fourth-order valence-electron chi connectivity index (χ4n) is 4.83. The van der Waals surface area contributed by atoms with Gasteiger partial charge in [0.05, 0.1) is 34.8 Å². The van der Waals surface area contributed by atoms with E-state index < -0.39 is 17.3 Å². The fraction of sp³-hybridized carbons (Fsp3) is 0.379. The second kappa shape index (κ2) is 11.3. The molecule has 3 aromatic rings. The molecule has 0 bridgehead atoms. The van der Waals surface area contributed by atoms with Crippen LogP contribution < -0.4 is 0 Å². The van der Waals surface area contributed by atoms with Gasteiger partial charge in [0.25, 0.3) is 5.91 Å². The van der Waals surface area contributed by atoms with Crippen molar-refractivity contribution in [2.75, 3.05) is 20.1 Å². The van der Waals surface area contributed by atoms with E-state index in [9.17, 15) is 22.8 Å². The number of likely N-dealkylation sites (N-methyl/N-ethyl adjacent to an activating group) is 1. The SMILES string of the molecule is CN(C(=O)OC(C)(C)C)C1CCN(C2=NC(=O)/C(=C/c3ccc4c(cnn4Cc4ccc(Cl)cc4C(F)(F)F)c3)S2)C1. The number of benzene rings is 2. The Morgan fingerprint density at radius 3 is 2.69 bits per heavy atom. The first-order chi connectivity index (χ1) is 19.7. The Morgan fingerprint density at radius 2 is 1.98 bits per heavy atom. The molecule has 5 rings (SSSR count). The molecule has 3 heterocycles. The minimum atomic E-state index is -4.54. The van der Waals surface area contributed by atoms with Gasteiger partial charge in [0.15, 0.2) is 5.17 Å². The average Bonchev–Trinajstić information content (AvgIpc) is 3.62. The Kier molecular flexibility index (Phi) is 8.06. The van der Waals surface area contributed by atoms with Gasteiger partial charge in [-0.1, -0.05) is 23.7 Å². The first-order valence-electron chi connectivity index (χ1n) is 13.2. The van der Waals surface area contributed by atoms with Crippen LogP contribution in [0.1, 0.15) is 43.9 Å². The number of carbonyl (C=O) groups is 2. The minimum Gasteiger partial charge on any atom is -0.444 e. The zero-order valence-electron chi connectivity index (χ0n) is 23.4. The van der Waals surface area contributed by atoms with Crippen LogP contribution in [-0.4, -0.2) is 68.5 Å². The Labute approximate surface area is 250 Å². The molecule has 2 aromatic carbocycles. The molecule has 2 aliphatic rings. The Hall–Kier alpha value is -3.51. The summed E-state index contributed by atoms with van der Waals surface area (Å²) >= 11 is 7.08. The van der Waals surface area contributed by atoms with E-state index >= 15 is 0 Å². The fourth-order valence-corrected chi connectivity index (χ4v) is 5.95. The van der Waals surface area contributed by atoms with Crippen LogP contribution in [0.15, 0.2) is 52.5 Å². The van der Waals surface area contributed by atoms with Crippen molar-refractivity contribution < 1.29 is 27.5 Å². The van der Waals surface area contributed by atoms with Gasteiger partial charge < -0.3 is 14.5 Å². The van der Waals surface area contributed by atoms with Crippen LogP contribution in [-0.2, 0) is 22.3 Å². The third-order valence-electron chi connectivity index (χ3n) is 6.93. The predicted octanol–water partition coefficient (Wildman–Crippen LogP) is 6.67. The molecule has 0 radical (unpaired) electrons. The first-order valence-corrected chi connectivity index (χ1v) is 14.4. The maximum absolute atomic E-state index is 13.6. The predicted molar refractivity (Wildman–Crippen MR) is 157 cm³/mol. The van der Waals surface area contributed by atoms with Crippen molar-refractivity contribution in [3.05, 3.63) is 69.2 Å². The lowest BCUT2D eigenvalue weighted by Gasteiger charge is -2.28. The summed E-state index contributed by atoms with van der Waals surface area (Å²) in [6.45, 7) is 6.57. The van der Waals surface area contributed by atoms with Crippen LogP contribution in [0.4, 0.5) is 18.0 Å². The zero-order valence-corrected chi connectivity index (χ0v) is 25.0. The van der Waals surface area contributed by atoms with E-state index in [1.165, 1.54) is 28.6 Å². The number of carbonyl (C=O) groups excluding carboxylic acids is 2. The number of hydrogen-bond acceptors (Lipinski definition) is 6. The second-order valence-electron chi connectivity index (χ2n) is 11.2. The van der Waals surface area contributed by atoms with Gasteiger partial charge in [-0.3, -0.25) is 9.48 Å². The maximum atomic E-state index is 13.6. The Balaban J connectivity index is 1.27. The normalized spacial score (nSPS) is 18.7. The third kappa shape index (κ3) is 6.59. The standard InChI is InChI=1S/C29H29ClF3N5O3S/c1-28(2,3)41-27(40)36(4)21-9-10-37(16-21)26-35-25(39)24(42-26)12-17-5-8-23-19(11-17)14-34-38(23)15-18-6-7-20(30)13-22(18)29(31,32)33/h5-8,11-14,21H,9-10,15-16H2,1-4H3/b24-12-. The summed E-state index contributed by atoms with van der Waals surface area (Å²) in [5, 5.41) is 5.62. The number of rotatable bonds is 4. The van der Waals surface area contributed by atoms with Crippen LogP contribution in [0.5, 0.6) is 0 Å². The highest BCUT2D eigenvalue weighted by Gasteiger charge is 2.36. The molecule has 0 saturated carbocycles. The van der Waals surface area contributed by atoms with E-state index in [2.05, 4.69) is 10.1 Å². The molecule has 1 atom stereocenters. The van der Waals surface area contributed by atoms with E-state index in [0.717, 1.165) is 23.4 Å². The van der Waals surface area contributed by atoms with Gasteiger partial charge in [-0.15, -0.1) is 0 Å². The van der Waals surface area contributed by atoms with Crippen molar-refractivity contribution in [1.82, 2.24) is 19.6 Å². The molecule has 2 aliphatic heterocycles. The lowest BCUT2D eigenvalue weighted by molar-refractivity contribution is -0.138. The number of amides is 2. The van der Waals surface area contributed by atoms with E-state index in [4.69, 9.17) is 16.3 Å². The smallest absolute Gasteiger partial charge is 0.416 e. The summed E-state index contributed by atoms with van der Waals surface area (Å²) in [6, 6.07) is 9.01. The van der Waals surface area contributed by atoms with Crippen molar-refractivity contribution in [3.63, 3.8) is 0 Å². The first kappa shape index (κ1) is 30.0. The van der Waals surface area contributed by atoms with E-state index in [0.29, 0.717) is 28.7 Å². The molecule has 222 valence electrons. The summed E-state index contributed by atoms with van der Waals surface area (Å²) < 4.78 is 47.6. The topological polar surface area (TPSA) is 80.0 Å². The summed E-state index contributed by atoms with van der Waals surface area (Å²) in [7, 11) is 1.71. The average molecular weight is 620 g/mol. The van der Waals surface area contributed by atoms with Crippen molar-refractivity contribution in [2.24, 2.45) is 4.99 Å². The van der Waals surface area contributed by atoms with E-state index in [-0.39, 0.29) is 35.2 Å². The number of halogens is 4. The van der Waals surface area contributed by atoms with E-state index in [1.54, 1.807) is 36.4 Å². The summed E-state index contributed by atoms with van der Waals surface area (Å²) in [5.41, 5.74) is 0.0621. The van der Waals surface area contributed by atoms with Gasteiger partial charge in [-0.2, -0.15) is 23.3 Å². The number of likely N-dealkylation sites (tertiary alicyclic amines) is 1. The maximum Gasteiger partial charge on any atom is 0.416 e. The highest BCUT2D eigenvalue weighted by atomic mass is 35.5. The van der Waals surface area contributed by atoms with Crippen LogP contribution in [0, 0.1) is 0 Å². The molecule has 8 nitrogen and oxygen atoms in total. The minimum absolute atomic E-state index is 0.0122. The monoisotopic (exact) mass is 619 g/mol. The number of hydrogen-bond donors (Lipinski definition) is 0. The van der Waals surface area contributed by atoms with Crippen LogP contribution in [0.2, 0.25) is 5.02 Å². The molecule has 1 aromatic heterocycles. The molecule has 0 N–H and O–H groups in total. The van der Waals surface area contributed by atoms with Crippen LogP contribution in [0.3, 0.4) is 0 Å². The lowest BCUT2D eigenvalue weighted by atomic mass is 10.1. The Morgan fingerprint density at radius 1 is 1.21 bits per heavy atom. The van der Waals surface area contributed by atoms with Gasteiger partial charge in [0.1, 0.15) is 5.60 Å². The number of aliphatic imine (C=N–C) groups is 1.